The molecule has 2 aromatic rings. The Morgan fingerprint density at radius 2 is 2.16 bits per heavy atom. The van der Waals surface area contributed by atoms with Crippen LogP contribution in [0.3, 0.4) is 0 Å². The van der Waals surface area contributed by atoms with Crippen molar-refractivity contribution in [2.45, 2.75) is 13.3 Å². The van der Waals surface area contributed by atoms with Crippen molar-refractivity contribution in [3.05, 3.63) is 39.8 Å². The number of carbonyl (C=O) groups excluding carboxylic acids is 1. The van der Waals surface area contributed by atoms with Gasteiger partial charge < -0.3 is 15.2 Å². The zero-order valence-corrected chi connectivity index (χ0v) is 14.2. The quantitative estimate of drug-likeness (QED) is 0.749. The number of aromatic hydroxyl groups is 1. The summed E-state index contributed by atoms with van der Waals surface area (Å²) in [4.78, 5) is 31.1. The number of nitrogens with zero attached hydrogens (tertiary/aromatic N) is 3. The summed E-state index contributed by atoms with van der Waals surface area (Å²) < 4.78 is 6.56. The molecule has 0 aliphatic carbocycles. The lowest BCUT2D eigenvalue weighted by Gasteiger charge is -2.26. The van der Waals surface area contributed by atoms with Crippen LogP contribution in [0.2, 0.25) is 0 Å². The van der Waals surface area contributed by atoms with Crippen LogP contribution in [0.4, 0.5) is 0 Å². The van der Waals surface area contributed by atoms with Gasteiger partial charge in [0, 0.05) is 25.8 Å². The molecule has 0 bridgehead atoms. The average molecular weight is 346 g/mol. The Morgan fingerprint density at radius 3 is 2.92 bits per heavy atom. The summed E-state index contributed by atoms with van der Waals surface area (Å²) in [5.74, 6) is -1.14. The molecule has 2 aromatic heterocycles. The first-order valence-electron chi connectivity index (χ1n) is 8.37. The molecule has 0 aromatic carbocycles. The number of fused-ring (bicyclic) bond motifs is 1. The van der Waals surface area contributed by atoms with Crippen LogP contribution in [0.5, 0.6) is 5.88 Å². The van der Waals surface area contributed by atoms with E-state index in [1.807, 2.05) is 0 Å². The van der Waals surface area contributed by atoms with Crippen molar-refractivity contribution in [2.24, 2.45) is 0 Å². The first-order chi connectivity index (χ1) is 12.1. The minimum absolute atomic E-state index is 0.325. The highest BCUT2D eigenvalue weighted by atomic mass is 16.5. The second kappa shape index (κ2) is 7.62. The van der Waals surface area contributed by atoms with E-state index >= 15 is 0 Å². The molecule has 0 atom stereocenters. The van der Waals surface area contributed by atoms with Crippen LogP contribution in [-0.4, -0.2) is 64.7 Å². The maximum absolute atomic E-state index is 12.5. The number of carbonyl (C=O) groups is 1. The molecule has 1 aliphatic rings. The maximum Gasteiger partial charge on any atom is 0.274 e. The number of ether oxygens (including phenoxy) is 1. The molecule has 25 heavy (non-hydrogen) atoms. The van der Waals surface area contributed by atoms with Crippen molar-refractivity contribution in [1.82, 2.24) is 19.6 Å². The normalized spacial score (nSPS) is 15.4. The van der Waals surface area contributed by atoms with Crippen molar-refractivity contribution in [2.75, 3.05) is 39.4 Å². The third kappa shape index (κ3) is 3.80. The zero-order valence-electron chi connectivity index (χ0n) is 14.2. The fourth-order valence-corrected chi connectivity index (χ4v) is 2.90. The van der Waals surface area contributed by atoms with Gasteiger partial charge in [-0.3, -0.25) is 18.9 Å². The largest absolute Gasteiger partial charge is 0.493 e. The van der Waals surface area contributed by atoms with Gasteiger partial charge in [0.1, 0.15) is 5.65 Å². The van der Waals surface area contributed by atoms with Crippen molar-refractivity contribution in [1.29, 1.82) is 0 Å². The van der Waals surface area contributed by atoms with Crippen molar-refractivity contribution in [3.8, 4) is 5.88 Å². The highest BCUT2D eigenvalue weighted by Gasteiger charge is 2.20. The molecular weight excluding hydrogens is 324 g/mol. The molecule has 0 unspecified atom stereocenters. The van der Waals surface area contributed by atoms with Gasteiger partial charge in [-0.15, -0.1) is 0 Å². The second-order valence-corrected chi connectivity index (χ2v) is 6.06. The minimum Gasteiger partial charge on any atom is -0.493 e. The molecule has 8 heteroatoms. The van der Waals surface area contributed by atoms with Gasteiger partial charge in [-0.05, 0) is 31.5 Å². The molecule has 1 amide bonds. The van der Waals surface area contributed by atoms with E-state index in [0.29, 0.717) is 12.2 Å². The van der Waals surface area contributed by atoms with Crippen LogP contribution in [0.15, 0.2) is 23.1 Å². The summed E-state index contributed by atoms with van der Waals surface area (Å²) in [6.45, 7) is 6.31. The zero-order chi connectivity index (χ0) is 17.8. The van der Waals surface area contributed by atoms with E-state index in [-0.39, 0.29) is 5.56 Å². The number of hydrogen-bond acceptors (Lipinski definition) is 6. The van der Waals surface area contributed by atoms with Crippen molar-refractivity contribution in [3.63, 3.8) is 0 Å². The predicted molar refractivity (Wildman–Crippen MR) is 92.1 cm³/mol. The monoisotopic (exact) mass is 346 g/mol. The summed E-state index contributed by atoms with van der Waals surface area (Å²) in [5, 5.41) is 12.7. The molecule has 1 aliphatic heterocycles. The van der Waals surface area contributed by atoms with E-state index in [2.05, 4.69) is 15.2 Å². The van der Waals surface area contributed by atoms with Gasteiger partial charge in [0.15, 0.2) is 5.56 Å². The predicted octanol–water partition coefficient (Wildman–Crippen LogP) is 0.161. The molecule has 134 valence electrons. The SMILES string of the molecule is Cc1cccn2c(=O)c(C(=O)NCCCN3CCOCC3)c(O)nc12. The number of pyridine rings is 1. The summed E-state index contributed by atoms with van der Waals surface area (Å²) in [6.07, 6.45) is 2.29. The fraction of sp³-hybridized carbons (Fsp3) is 0.471. The molecule has 0 spiro atoms. The lowest BCUT2D eigenvalue weighted by Crippen LogP contribution is -2.38. The Bertz CT molecular complexity index is 827. The van der Waals surface area contributed by atoms with Gasteiger partial charge in [0.25, 0.3) is 11.5 Å². The van der Waals surface area contributed by atoms with E-state index in [4.69, 9.17) is 4.74 Å². The van der Waals surface area contributed by atoms with Gasteiger partial charge >= 0.3 is 0 Å². The molecule has 0 saturated carbocycles. The molecule has 1 saturated heterocycles. The number of amides is 1. The average Bonchev–Trinajstić information content (AvgIpc) is 2.61. The number of morpholine rings is 1. The lowest BCUT2D eigenvalue weighted by atomic mass is 10.2. The van der Waals surface area contributed by atoms with E-state index in [9.17, 15) is 14.7 Å². The third-order valence-corrected chi connectivity index (χ3v) is 4.30. The standard InChI is InChI=1S/C17H22N4O4/c1-12-4-2-7-21-14(12)19-16(23)13(17(21)24)15(22)18-5-3-6-20-8-10-25-11-9-20/h2,4,7,23H,3,5-6,8-11H2,1H3,(H,18,22). The number of hydrogen-bond donors (Lipinski definition) is 2. The van der Waals surface area contributed by atoms with Gasteiger partial charge in [0.05, 0.1) is 13.2 Å². The van der Waals surface area contributed by atoms with E-state index in [0.717, 1.165) is 44.8 Å². The first kappa shape index (κ1) is 17.4. The lowest BCUT2D eigenvalue weighted by molar-refractivity contribution is 0.0374. The van der Waals surface area contributed by atoms with E-state index in [1.165, 1.54) is 10.6 Å². The molecule has 8 nitrogen and oxygen atoms in total. The third-order valence-electron chi connectivity index (χ3n) is 4.30. The Labute approximate surface area is 145 Å². The van der Waals surface area contributed by atoms with Crippen molar-refractivity contribution < 1.29 is 14.6 Å². The number of aromatic nitrogens is 2. The molecule has 0 radical (unpaired) electrons. The smallest absolute Gasteiger partial charge is 0.274 e. The van der Waals surface area contributed by atoms with Gasteiger partial charge in [-0.1, -0.05) is 6.07 Å². The van der Waals surface area contributed by atoms with Crippen molar-refractivity contribution >= 4 is 11.6 Å². The van der Waals surface area contributed by atoms with Crippen LogP contribution in [0, 0.1) is 6.92 Å². The molecule has 3 rings (SSSR count). The molecular formula is C17H22N4O4. The Balaban J connectivity index is 1.66. The first-order valence-corrected chi connectivity index (χ1v) is 8.37. The molecule has 3 heterocycles. The Kier molecular flexibility index (Phi) is 5.30. The van der Waals surface area contributed by atoms with Crippen LogP contribution >= 0.6 is 0 Å². The topological polar surface area (TPSA) is 96.2 Å². The Morgan fingerprint density at radius 1 is 1.40 bits per heavy atom. The summed E-state index contributed by atoms with van der Waals surface area (Å²) in [5.41, 5.74) is 0.188. The molecule has 1 fully saturated rings. The second-order valence-electron chi connectivity index (χ2n) is 6.06. The van der Waals surface area contributed by atoms with Crippen LogP contribution in [0.1, 0.15) is 22.3 Å². The van der Waals surface area contributed by atoms with Crippen LogP contribution in [0.25, 0.3) is 5.65 Å². The summed E-state index contributed by atoms with van der Waals surface area (Å²) >= 11 is 0. The van der Waals surface area contributed by atoms with Crippen LogP contribution < -0.4 is 10.9 Å². The highest BCUT2D eigenvalue weighted by Crippen LogP contribution is 2.13. The van der Waals surface area contributed by atoms with Gasteiger partial charge in [-0.2, -0.15) is 4.98 Å². The summed E-state index contributed by atoms with van der Waals surface area (Å²) in [6, 6.07) is 3.49. The number of rotatable bonds is 5. The van der Waals surface area contributed by atoms with E-state index < -0.39 is 17.3 Å². The Hall–Kier alpha value is -2.45. The number of aryl methyl sites for hydroxylation is 1. The van der Waals surface area contributed by atoms with Gasteiger partial charge in [-0.25, -0.2) is 0 Å². The van der Waals surface area contributed by atoms with Crippen LogP contribution in [-0.2, 0) is 4.74 Å². The fourth-order valence-electron chi connectivity index (χ4n) is 2.90. The molecule has 2 N–H and O–H groups in total. The summed E-state index contributed by atoms with van der Waals surface area (Å²) in [7, 11) is 0. The van der Waals surface area contributed by atoms with Gasteiger partial charge in [0.2, 0.25) is 5.88 Å². The number of nitrogens with one attached hydrogen (secondary N) is 1. The minimum atomic E-state index is -0.604. The van der Waals surface area contributed by atoms with E-state index in [1.54, 1.807) is 19.1 Å². The maximum atomic E-state index is 12.5. The highest BCUT2D eigenvalue weighted by molar-refractivity contribution is 5.96.